The summed E-state index contributed by atoms with van der Waals surface area (Å²) in [6, 6.07) is 0.204. The fraction of sp³-hybridized carbons (Fsp3) is 0.444. The van der Waals surface area contributed by atoms with Gasteiger partial charge >= 0.3 is 0 Å². The van der Waals surface area contributed by atoms with Crippen LogP contribution in [-0.4, -0.2) is 53.2 Å². The van der Waals surface area contributed by atoms with Crippen LogP contribution in [0, 0.1) is 17.5 Å². The predicted molar refractivity (Wildman–Crippen MR) is 133 cm³/mol. The Morgan fingerprint density at radius 3 is 2.53 bits per heavy atom. The van der Waals surface area contributed by atoms with E-state index in [2.05, 4.69) is 5.32 Å². The monoisotopic (exact) mass is 533 g/mol. The lowest BCUT2D eigenvalue weighted by molar-refractivity contribution is -0.0127. The molecule has 38 heavy (non-hydrogen) atoms. The summed E-state index contributed by atoms with van der Waals surface area (Å²) < 4.78 is 54.6. The molecule has 0 saturated heterocycles. The summed E-state index contributed by atoms with van der Waals surface area (Å²) in [5.74, 6) is -5.06. The average molecular weight is 534 g/mol. The van der Waals surface area contributed by atoms with Gasteiger partial charge < -0.3 is 24.3 Å². The van der Waals surface area contributed by atoms with Gasteiger partial charge in [-0.1, -0.05) is 25.5 Å². The Morgan fingerprint density at radius 1 is 1.21 bits per heavy atom. The first-order valence-corrected chi connectivity index (χ1v) is 12.4. The lowest BCUT2D eigenvalue weighted by Gasteiger charge is -2.42. The summed E-state index contributed by atoms with van der Waals surface area (Å²) in [7, 11) is 1.53. The van der Waals surface area contributed by atoms with Gasteiger partial charge in [0, 0.05) is 50.1 Å². The van der Waals surface area contributed by atoms with Crippen molar-refractivity contribution in [2.75, 3.05) is 20.3 Å². The fourth-order valence-electron chi connectivity index (χ4n) is 4.73. The van der Waals surface area contributed by atoms with E-state index >= 15 is 0 Å². The van der Waals surface area contributed by atoms with E-state index in [1.165, 1.54) is 17.9 Å². The minimum absolute atomic E-state index is 0.00773. The second kappa shape index (κ2) is 10.6. The summed E-state index contributed by atoms with van der Waals surface area (Å²) in [5.41, 5.74) is -2.64. The molecule has 1 N–H and O–H groups in total. The molecule has 11 heteroatoms. The molecule has 2 aromatic rings. The Kier molecular flexibility index (Phi) is 7.68. The van der Waals surface area contributed by atoms with E-state index in [0.717, 1.165) is 6.42 Å². The maximum Gasteiger partial charge on any atom is 0.275 e. The molecule has 3 atom stereocenters. The maximum absolute atomic E-state index is 14.1. The number of methoxy groups -OCH3 is 1. The third-order valence-electron chi connectivity index (χ3n) is 7.18. The standard InChI is InChI=1S/C27H30F3N3O5/c1-5-6-9-38-24-22-26(36)32-14-21(27(3,37-4)8-7-15(32)2)33(22)13-18(23(24)34)25(35)31-12-17-19(29)10-16(28)11-20(17)30/h7-8,10-11,13,15,21H,5-6,9,12,14H2,1-4H3,(H,31,35)/t15-,21+,27-/m0/s1. The number of pyridine rings is 1. The van der Waals surface area contributed by atoms with Gasteiger partial charge in [-0.2, -0.15) is 0 Å². The van der Waals surface area contributed by atoms with Crippen molar-refractivity contribution >= 4 is 11.8 Å². The minimum Gasteiger partial charge on any atom is -0.487 e. The summed E-state index contributed by atoms with van der Waals surface area (Å²) in [6.45, 7) is 5.38. The first kappa shape index (κ1) is 27.4. The highest BCUT2D eigenvalue weighted by Crippen LogP contribution is 2.39. The van der Waals surface area contributed by atoms with Crippen molar-refractivity contribution in [1.29, 1.82) is 0 Å². The van der Waals surface area contributed by atoms with Crippen molar-refractivity contribution in [1.82, 2.24) is 14.8 Å². The number of rotatable bonds is 8. The van der Waals surface area contributed by atoms with Crippen LogP contribution in [0.3, 0.4) is 0 Å². The number of benzene rings is 1. The van der Waals surface area contributed by atoms with E-state index in [0.29, 0.717) is 18.6 Å². The van der Waals surface area contributed by atoms with Crippen LogP contribution in [0.5, 0.6) is 5.75 Å². The molecule has 1 aromatic heterocycles. The van der Waals surface area contributed by atoms with Crippen LogP contribution in [0.4, 0.5) is 13.2 Å². The molecule has 1 aromatic carbocycles. The van der Waals surface area contributed by atoms with Crippen molar-refractivity contribution in [3.05, 3.63) is 75.0 Å². The number of aromatic nitrogens is 1. The zero-order valence-electron chi connectivity index (χ0n) is 21.6. The van der Waals surface area contributed by atoms with Gasteiger partial charge in [0.25, 0.3) is 11.8 Å². The van der Waals surface area contributed by atoms with E-state index < -0.39 is 58.4 Å². The Bertz CT molecular complexity index is 1340. The van der Waals surface area contributed by atoms with Gasteiger partial charge in [0.05, 0.1) is 12.6 Å². The van der Waals surface area contributed by atoms with E-state index in [4.69, 9.17) is 9.47 Å². The second-order valence-electron chi connectivity index (χ2n) is 9.65. The molecule has 3 heterocycles. The molecular weight excluding hydrogens is 503 g/mol. The third kappa shape index (κ3) is 4.82. The van der Waals surface area contributed by atoms with Crippen LogP contribution in [-0.2, 0) is 11.3 Å². The number of nitrogens with zero attached hydrogens (tertiary/aromatic N) is 2. The SMILES string of the molecule is CCCCOc1c2n(cc(C(=O)NCc3c(F)cc(F)cc3F)c1=O)[C@@H]1CN(C2=O)[C@@H](C)C=C[C@]1(C)OC. The first-order valence-electron chi connectivity index (χ1n) is 12.4. The highest BCUT2D eigenvalue weighted by atomic mass is 19.1. The molecule has 0 aliphatic carbocycles. The van der Waals surface area contributed by atoms with Crippen LogP contribution < -0.4 is 15.5 Å². The number of halogens is 3. The highest BCUT2D eigenvalue weighted by Gasteiger charge is 2.46. The predicted octanol–water partition coefficient (Wildman–Crippen LogP) is 3.73. The van der Waals surface area contributed by atoms with Crippen molar-refractivity contribution in [3.8, 4) is 5.75 Å². The molecule has 2 bridgehead atoms. The largest absolute Gasteiger partial charge is 0.487 e. The summed E-state index contributed by atoms with van der Waals surface area (Å²) in [5, 5.41) is 2.33. The molecule has 0 radical (unpaired) electrons. The molecule has 0 saturated carbocycles. The molecule has 2 aliphatic rings. The zero-order valence-corrected chi connectivity index (χ0v) is 21.6. The quantitative estimate of drug-likeness (QED) is 0.413. The lowest BCUT2D eigenvalue weighted by Crippen LogP contribution is -2.52. The molecule has 0 unspecified atom stereocenters. The number of carbonyl (C=O) groups is 2. The summed E-state index contributed by atoms with van der Waals surface area (Å²) >= 11 is 0. The number of hydrogen-bond donors (Lipinski definition) is 1. The van der Waals surface area contributed by atoms with Gasteiger partial charge in [0.15, 0.2) is 11.4 Å². The molecule has 2 amide bonds. The Balaban J connectivity index is 1.81. The molecular formula is C27H30F3N3O5. The number of amides is 2. The Morgan fingerprint density at radius 2 is 1.89 bits per heavy atom. The molecule has 2 aliphatic heterocycles. The van der Waals surface area contributed by atoms with Crippen molar-refractivity contribution in [2.24, 2.45) is 0 Å². The molecule has 0 spiro atoms. The normalized spacial score (nSPS) is 22.2. The van der Waals surface area contributed by atoms with Gasteiger partial charge in [0.2, 0.25) is 5.43 Å². The lowest BCUT2D eigenvalue weighted by atomic mass is 9.93. The van der Waals surface area contributed by atoms with E-state index in [9.17, 15) is 27.6 Å². The van der Waals surface area contributed by atoms with E-state index in [1.54, 1.807) is 4.90 Å². The van der Waals surface area contributed by atoms with Gasteiger partial charge in [-0.25, -0.2) is 13.2 Å². The summed E-state index contributed by atoms with van der Waals surface area (Å²) in [6.07, 6.45) is 6.33. The van der Waals surface area contributed by atoms with Crippen LogP contribution >= 0.6 is 0 Å². The minimum atomic E-state index is -1.17. The highest BCUT2D eigenvalue weighted by molar-refractivity contribution is 5.99. The smallest absolute Gasteiger partial charge is 0.275 e. The molecule has 8 nitrogen and oxygen atoms in total. The van der Waals surface area contributed by atoms with E-state index in [-0.39, 0.29) is 36.2 Å². The zero-order chi connectivity index (χ0) is 27.8. The van der Waals surface area contributed by atoms with Crippen LogP contribution in [0.1, 0.15) is 66.1 Å². The number of nitrogens with one attached hydrogen (secondary N) is 1. The van der Waals surface area contributed by atoms with Gasteiger partial charge in [-0.3, -0.25) is 14.4 Å². The number of fused-ring (bicyclic) bond motifs is 4. The summed E-state index contributed by atoms with van der Waals surface area (Å²) in [4.78, 5) is 41.9. The van der Waals surface area contributed by atoms with Crippen molar-refractivity contribution in [2.45, 2.75) is 57.8 Å². The third-order valence-corrected chi connectivity index (χ3v) is 7.18. The number of carbonyl (C=O) groups excluding carboxylic acids is 2. The van der Waals surface area contributed by atoms with Crippen LogP contribution in [0.2, 0.25) is 0 Å². The molecule has 204 valence electrons. The maximum atomic E-state index is 14.1. The Hall–Kier alpha value is -3.60. The number of hydrogen-bond acceptors (Lipinski definition) is 5. The van der Waals surface area contributed by atoms with Crippen molar-refractivity contribution < 1.29 is 32.2 Å². The van der Waals surface area contributed by atoms with E-state index in [1.807, 2.05) is 32.9 Å². The van der Waals surface area contributed by atoms with Crippen molar-refractivity contribution in [3.63, 3.8) is 0 Å². The van der Waals surface area contributed by atoms with Crippen LogP contribution in [0.15, 0.2) is 35.3 Å². The number of unbranched alkanes of at least 4 members (excludes halogenated alkanes) is 1. The molecule has 0 fully saturated rings. The number of ether oxygens (including phenoxy) is 2. The Labute approximate surface area is 218 Å². The first-order chi connectivity index (χ1) is 18.0. The average Bonchev–Trinajstić information content (AvgIpc) is 2.98. The van der Waals surface area contributed by atoms with Gasteiger partial charge in [-0.15, -0.1) is 0 Å². The second-order valence-corrected chi connectivity index (χ2v) is 9.65. The topological polar surface area (TPSA) is 89.9 Å². The van der Waals surface area contributed by atoms with Gasteiger partial charge in [0.1, 0.15) is 28.6 Å². The van der Waals surface area contributed by atoms with Gasteiger partial charge in [-0.05, 0) is 20.3 Å². The molecule has 4 rings (SSSR count). The van der Waals surface area contributed by atoms with Crippen LogP contribution in [0.25, 0.3) is 0 Å². The fourth-order valence-corrected chi connectivity index (χ4v) is 4.73.